The molecule has 3 rings (SSSR count). The lowest BCUT2D eigenvalue weighted by Crippen LogP contribution is -2.44. The lowest BCUT2D eigenvalue weighted by molar-refractivity contribution is 0.585. The molecule has 0 aromatic carbocycles. The van der Waals surface area contributed by atoms with Crippen molar-refractivity contribution in [2.75, 3.05) is 31.1 Å². The summed E-state index contributed by atoms with van der Waals surface area (Å²) in [5.74, 6) is 1.50. The highest BCUT2D eigenvalue weighted by Crippen LogP contribution is 2.22. The van der Waals surface area contributed by atoms with Crippen LogP contribution in [0.1, 0.15) is 25.5 Å². The number of fused-ring (bicyclic) bond motifs is 1. The van der Waals surface area contributed by atoms with Gasteiger partial charge in [0.25, 0.3) is 0 Å². The van der Waals surface area contributed by atoms with Gasteiger partial charge in [0.2, 0.25) is 0 Å². The van der Waals surface area contributed by atoms with Gasteiger partial charge >= 0.3 is 0 Å². The Balaban J connectivity index is 2.05. The fourth-order valence-electron chi connectivity index (χ4n) is 2.33. The zero-order valence-electron chi connectivity index (χ0n) is 10.9. The second-order valence-corrected chi connectivity index (χ2v) is 5.04. The summed E-state index contributed by atoms with van der Waals surface area (Å²) >= 11 is 0. The standard InChI is InChI=1S/C13H19N5/c1-10(2)11-9-12-13(15-5-8-18(12)16-11)17-6-3-14-4-7-17/h5,8-10,14H,3-4,6-7H2,1-2H3. The van der Waals surface area contributed by atoms with Gasteiger partial charge in [0.15, 0.2) is 5.82 Å². The minimum Gasteiger partial charge on any atom is -0.352 e. The number of nitrogens with one attached hydrogen (secondary N) is 1. The zero-order valence-corrected chi connectivity index (χ0v) is 10.9. The molecule has 1 fully saturated rings. The van der Waals surface area contributed by atoms with Gasteiger partial charge < -0.3 is 10.2 Å². The molecule has 96 valence electrons. The van der Waals surface area contributed by atoms with Crippen LogP contribution in [0.4, 0.5) is 5.82 Å². The lowest BCUT2D eigenvalue weighted by atomic mass is 10.1. The Morgan fingerprint density at radius 3 is 2.78 bits per heavy atom. The molecular formula is C13H19N5. The first kappa shape index (κ1) is 11.5. The number of hydrogen-bond acceptors (Lipinski definition) is 4. The molecule has 0 spiro atoms. The highest BCUT2D eigenvalue weighted by Gasteiger charge is 2.16. The van der Waals surface area contributed by atoms with Crippen LogP contribution in [-0.2, 0) is 0 Å². The Bertz CT molecular complexity index is 539. The van der Waals surface area contributed by atoms with Crippen molar-refractivity contribution in [2.24, 2.45) is 0 Å². The molecule has 5 nitrogen and oxygen atoms in total. The average Bonchev–Trinajstić information content (AvgIpc) is 2.83. The molecule has 0 amide bonds. The molecule has 2 aromatic heterocycles. The normalized spacial score (nSPS) is 16.7. The summed E-state index contributed by atoms with van der Waals surface area (Å²) < 4.78 is 1.94. The lowest BCUT2D eigenvalue weighted by Gasteiger charge is -2.28. The largest absolute Gasteiger partial charge is 0.352 e. The Kier molecular flexibility index (Phi) is 2.91. The third kappa shape index (κ3) is 1.95. The number of rotatable bonds is 2. The first-order chi connectivity index (χ1) is 8.75. The smallest absolute Gasteiger partial charge is 0.154 e. The van der Waals surface area contributed by atoms with E-state index in [4.69, 9.17) is 0 Å². The monoisotopic (exact) mass is 245 g/mol. The van der Waals surface area contributed by atoms with E-state index in [1.807, 2.05) is 16.9 Å². The second kappa shape index (κ2) is 4.57. The summed E-state index contributed by atoms with van der Waals surface area (Å²) in [6, 6.07) is 2.16. The van der Waals surface area contributed by atoms with E-state index < -0.39 is 0 Å². The summed E-state index contributed by atoms with van der Waals surface area (Å²) in [6.07, 6.45) is 3.76. The fourth-order valence-corrected chi connectivity index (χ4v) is 2.33. The molecule has 0 atom stereocenters. The maximum Gasteiger partial charge on any atom is 0.154 e. The molecule has 1 N–H and O–H groups in total. The van der Waals surface area contributed by atoms with Crippen molar-refractivity contribution in [3.05, 3.63) is 24.2 Å². The molecule has 0 bridgehead atoms. The first-order valence-electron chi connectivity index (χ1n) is 6.55. The molecule has 0 unspecified atom stereocenters. The Morgan fingerprint density at radius 2 is 2.06 bits per heavy atom. The first-order valence-corrected chi connectivity index (χ1v) is 6.55. The van der Waals surface area contributed by atoms with Crippen molar-refractivity contribution in [3.8, 4) is 0 Å². The molecule has 0 aliphatic carbocycles. The number of piperazine rings is 1. The van der Waals surface area contributed by atoms with Crippen LogP contribution >= 0.6 is 0 Å². The summed E-state index contributed by atoms with van der Waals surface area (Å²) in [4.78, 5) is 6.87. The van der Waals surface area contributed by atoms with Crippen LogP contribution in [0, 0.1) is 0 Å². The third-order valence-corrected chi connectivity index (χ3v) is 3.40. The van der Waals surface area contributed by atoms with E-state index in [1.54, 1.807) is 0 Å². The van der Waals surface area contributed by atoms with Crippen molar-refractivity contribution < 1.29 is 0 Å². The molecule has 3 heterocycles. The van der Waals surface area contributed by atoms with Gasteiger partial charge in [0.05, 0.1) is 5.69 Å². The zero-order chi connectivity index (χ0) is 12.5. The number of anilines is 1. The molecule has 0 saturated carbocycles. The van der Waals surface area contributed by atoms with Gasteiger partial charge in [0.1, 0.15) is 5.52 Å². The quantitative estimate of drug-likeness (QED) is 0.865. The highest BCUT2D eigenvalue weighted by molar-refractivity contribution is 5.69. The molecule has 1 aliphatic heterocycles. The van der Waals surface area contributed by atoms with Crippen molar-refractivity contribution in [1.29, 1.82) is 0 Å². The maximum absolute atomic E-state index is 4.60. The van der Waals surface area contributed by atoms with Crippen LogP contribution in [0.2, 0.25) is 0 Å². The highest BCUT2D eigenvalue weighted by atomic mass is 15.3. The topological polar surface area (TPSA) is 45.5 Å². The maximum atomic E-state index is 4.60. The van der Waals surface area contributed by atoms with Crippen LogP contribution in [0.15, 0.2) is 18.5 Å². The van der Waals surface area contributed by atoms with Gasteiger partial charge in [-0.2, -0.15) is 5.10 Å². The van der Waals surface area contributed by atoms with E-state index in [2.05, 4.69) is 40.2 Å². The molecule has 1 aliphatic rings. The summed E-state index contributed by atoms with van der Waals surface area (Å²) in [7, 11) is 0. The molecule has 2 aromatic rings. The van der Waals surface area contributed by atoms with Crippen LogP contribution < -0.4 is 10.2 Å². The fraction of sp³-hybridized carbons (Fsp3) is 0.538. The van der Waals surface area contributed by atoms with Gasteiger partial charge in [-0.05, 0) is 12.0 Å². The van der Waals surface area contributed by atoms with Crippen LogP contribution in [-0.4, -0.2) is 40.8 Å². The van der Waals surface area contributed by atoms with Crippen LogP contribution in [0.3, 0.4) is 0 Å². The van der Waals surface area contributed by atoms with Gasteiger partial charge in [-0.15, -0.1) is 0 Å². The Morgan fingerprint density at radius 1 is 1.28 bits per heavy atom. The molecule has 1 saturated heterocycles. The third-order valence-electron chi connectivity index (χ3n) is 3.40. The Labute approximate surface area is 107 Å². The van der Waals surface area contributed by atoms with Gasteiger partial charge in [-0.1, -0.05) is 13.8 Å². The molecular weight excluding hydrogens is 226 g/mol. The molecule has 5 heteroatoms. The van der Waals surface area contributed by atoms with Crippen molar-refractivity contribution in [2.45, 2.75) is 19.8 Å². The second-order valence-electron chi connectivity index (χ2n) is 5.04. The van der Waals surface area contributed by atoms with E-state index >= 15 is 0 Å². The van der Waals surface area contributed by atoms with Crippen molar-refractivity contribution >= 4 is 11.3 Å². The predicted molar refractivity (Wildman–Crippen MR) is 72.2 cm³/mol. The summed E-state index contributed by atoms with van der Waals surface area (Å²) in [6.45, 7) is 8.39. The predicted octanol–water partition coefficient (Wildman–Crippen LogP) is 1.26. The van der Waals surface area contributed by atoms with Gasteiger partial charge in [-0.25, -0.2) is 9.50 Å². The summed E-state index contributed by atoms with van der Waals surface area (Å²) in [5.41, 5.74) is 2.24. The average molecular weight is 245 g/mol. The van der Waals surface area contributed by atoms with E-state index in [1.165, 1.54) is 0 Å². The number of hydrogen-bond donors (Lipinski definition) is 1. The SMILES string of the molecule is CC(C)c1cc2c(N3CCNCC3)nccn2n1. The van der Waals surface area contributed by atoms with Crippen molar-refractivity contribution in [1.82, 2.24) is 19.9 Å². The molecule has 0 radical (unpaired) electrons. The van der Waals surface area contributed by atoms with Crippen molar-refractivity contribution in [3.63, 3.8) is 0 Å². The number of aromatic nitrogens is 3. The van der Waals surface area contributed by atoms with E-state index in [0.717, 1.165) is 43.2 Å². The molecule has 18 heavy (non-hydrogen) atoms. The Hall–Kier alpha value is -1.62. The van der Waals surface area contributed by atoms with E-state index in [9.17, 15) is 0 Å². The minimum absolute atomic E-state index is 0.445. The van der Waals surface area contributed by atoms with Gasteiger partial charge in [-0.3, -0.25) is 0 Å². The van der Waals surface area contributed by atoms with Crippen LogP contribution in [0.5, 0.6) is 0 Å². The van der Waals surface area contributed by atoms with E-state index in [-0.39, 0.29) is 0 Å². The number of nitrogens with zero attached hydrogens (tertiary/aromatic N) is 4. The van der Waals surface area contributed by atoms with Crippen LogP contribution in [0.25, 0.3) is 5.52 Å². The minimum atomic E-state index is 0.445. The summed E-state index contributed by atoms with van der Waals surface area (Å²) in [5, 5.41) is 7.97. The van der Waals surface area contributed by atoms with Gasteiger partial charge in [0, 0.05) is 38.6 Å². The van der Waals surface area contributed by atoms with E-state index in [0.29, 0.717) is 5.92 Å².